The third-order valence-corrected chi connectivity index (χ3v) is 6.11. The van der Waals surface area contributed by atoms with Gasteiger partial charge in [0.2, 0.25) is 10.0 Å². The first-order valence-corrected chi connectivity index (χ1v) is 8.55. The van der Waals surface area contributed by atoms with Gasteiger partial charge in [0.15, 0.2) is 0 Å². The Labute approximate surface area is 128 Å². The lowest BCUT2D eigenvalue weighted by molar-refractivity contribution is 0.0702. The van der Waals surface area contributed by atoms with E-state index in [1.54, 1.807) is 12.1 Å². The van der Waals surface area contributed by atoms with Gasteiger partial charge in [-0.25, -0.2) is 17.9 Å². The third-order valence-electron chi connectivity index (χ3n) is 2.46. The van der Waals surface area contributed by atoms with E-state index in [4.69, 9.17) is 5.11 Å². The highest BCUT2D eigenvalue weighted by molar-refractivity contribution is 9.11. The molecule has 5 nitrogen and oxygen atoms in total. The van der Waals surface area contributed by atoms with Crippen molar-refractivity contribution in [1.82, 2.24) is 4.72 Å². The Morgan fingerprint density at radius 3 is 2.50 bits per heavy atom. The molecule has 0 aliphatic heterocycles. The van der Waals surface area contributed by atoms with Gasteiger partial charge in [0, 0.05) is 6.54 Å². The number of carboxylic acids is 1. The number of benzene rings is 1. The molecule has 0 spiro atoms. The van der Waals surface area contributed by atoms with Gasteiger partial charge < -0.3 is 5.11 Å². The zero-order valence-electron chi connectivity index (χ0n) is 10.0. The van der Waals surface area contributed by atoms with Crippen LogP contribution in [0.5, 0.6) is 0 Å². The zero-order chi connectivity index (χ0) is 14.8. The van der Waals surface area contributed by atoms with Gasteiger partial charge in [0.05, 0.1) is 3.79 Å². The summed E-state index contributed by atoms with van der Waals surface area (Å²) in [4.78, 5) is 10.8. The lowest BCUT2D eigenvalue weighted by Gasteiger charge is -2.05. The highest BCUT2D eigenvalue weighted by Gasteiger charge is 2.22. The van der Waals surface area contributed by atoms with Gasteiger partial charge in [-0.3, -0.25) is 0 Å². The molecule has 0 amide bonds. The van der Waals surface area contributed by atoms with E-state index >= 15 is 0 Å². The lowest BCUT2D eigenvalue weighted by atomic mass is 10.2. The minimum atomic E-state index is -3.75. The fourth-order valence-electron chi connectivity index (χ4n) is 1.49. The third kappa shape index (κ3) is 3.45. The van der Waals surface area contributed by atoms with Crippen LogP contribution < -0.4 is 4.72 Å². The molecule has 0 bridgehead atoms. The van der Waals surface area contributed by atoms with Crippen molar-refractivity contribution in [3.8, 4) is 0 Å². The average Bonchev–Trinajstić information content (AvgIpc) is 2.81. The highest BCUT2D eigenvalue weighted by Crippen LogP contribution is 2.31. The SMILES string of the molecule is O=C(O)c1cc(S(=O)(=O)NCc2ccccc2)c(Br)s1. The van der Waals surface area contributed by atoms with Crippen molar-refractivity contribution >= 4 is 43.3 Å². The molecule has 0 saturated carbocycles. The van der Waals surface area contributed by atoms with Crippen LogP contribution in [-0.4, -0.2) is 19.5 Å². The van der Waals surface area contributed by atoms with Crippen molar-refractivity contribution in [3.63, 3.8) is 0 Å². The van der Waals surface area contributed by atoms with Gasteiger partial charge in [-0.1, -0.05) is 30.3 Å². The van der Waals surface area contributed by atoms with Crippen LogP contribution in [0.15, 0.2) is 45.1 Å². The Bertz CT molecular complexity index is 725. The van der Waals surface area contributed by atoms with Crippen molar-refractivity contribution in [3.05, 3.63) is 50.6 Å². The molecule has 2 rings (SSSR count). The zero-order valence-corrected chi connectivity index (χ0v) is 13.3. The van der Waals surface area contributed by atoms with E-state index in [1.165, 1.54) is 0 Å². The summed E-state index contributed by atoms with van der Waals surface area (Å²) < 4.78 is 27.0. The fourth-order valence-corrected chi connectivity index (χ4v) is 4.91. The minimum absolute atomic E-state index is 0.0306. The summed E-state index contributed by atoms with van der Waals surface area (Å²) in [6.07, 6.45) is 0. The molecule has 20 heavy (non-hydrogen) atoms. The number of rotatable bonds is 5. The predicted molar refractivity (Wildman–Crippen MR) is 79.4 cm³/mol. The first-order chi connectivity index (χ1) is 9.40. The molecule has 106 valence electrons. The molecule has 1 heterocycles. The molecular formula is C12H10BrNO4S2. The van der Waals surface area contributed by atoms with Crippen LogP contribution in [0.1, 0.15) is 15.2 Å². The molecule has 0 radical (unpaired) electrons. The molecule has 2 aromatic rings. The number of halogens is 1. The molecule has 0 aliphatic rings. The molecule has 8 heteroatoms. The van der Waals surface area contributed by atoms with E-state index < -0.39 is 16.0 Å². The van der Waals surface area contributed by atoms with E-state index in [2.05, 4.69) is 20.7 Å². The van der Waals surface area contributed by atoms with Crippen LogP contribution in [0.25, 0.3) is 0 Å². The average molecular weight is 376 g/mol. The van der Waals surface area contributed by atoms with Gasteiger partial charge in [-0.05, 0) is 27.6 Å². The Morgan fingerprint density at radius 2 is 1.95 bits per heavy atom. The molecular weight excluding hydrogens is 366 g/mol. The molecule has 2 N–H and O–H groups in total. The Morgan fingerprint density at radius 1 is 1.30 bits per heavy atom. The monoisotopic (exact) mass is 375 g/mol. The summed E-state index contributed by atoms with van der Waals surface area (Å²) in [5, 5.41) is 8.87. The number of hydrogen-bond donors (Lipinski definition) is 2. The van der Waals surface area contributed by atoms with Crippen LogP contribution in [0.3, 0.4) is 0 Å². The molecule has 0 aliphatic carbocycles. The topological polar surface area (TPSA) is 83.5 Å². The largest absolute Gasteiger partial charge is 0.477 e. The van der Waals surface area contributed by atoms with Crippen molar-refractivity contribution in [1.29, 1.82) is 0 Å². The van der Waals surface area contributed by atoms with Gasteiger partial charge >= 0.3 is 5.97 Å². The van der Waals surface area contributed by atoms with Crippen LogP contribution in [0.2, 0.25) is 0 Å². The smallest absolute Gasteiger partial charge is 0.345 e. The summed E-state index contributed by atoms with van der Waals surface area (Å²) in [6, 6.07) is 10.2. The quantitative estimate of drug-likeness (QED) is 0.841. The van der Waals surface area contributed by atoms with Crippen molar-refractivity contribution in [2.24, 2.45) is 0 Å². The standard InChI is InChI=1S/C12H10BrNO4S2/c13-11-10(6-9(19-11)12(15)16)20(17,18)14-7-8-4-2-1-3-5-8/h1-6,14H,7H2,(H,15,16). The van der Waals surface area contributed by atoms with E-state index in [0.717, 1.165) is 23.0 Å². The molecule has 1 aromatic carbocycles. The molecule has 0 fully saturated rings. The first kappa shape index (κ1) is 15.2. The Hall–Kier alpha value is -1.22. The predicted octanol–water partition coefficient (Wildman–Crippen LogP) is 2.69. The maximum Gasteiger partial charge on any atom is 0.345 e. The van der Waals surface area contributed by atoms with Crippen molar-refractivity contribution in [2.45, 2.75) is 11.4 Å². The summed E-state index contributed by atoms with van der Waals surface area (Å²) in [5.74, 6) is -1.15. The van der Waals surface area contributed by atoms with E-state index in [0.29, 0.717) is 0 Å². The number of nitrogens with one attached hydrogen (secondary N) is 1. The first-order valence-electron chi connectivity index (χ1n) is 5.46. The number of sulfonamides is 1. The van der Waals surface area contributed by atoms with Crippen LogP contribution >= 0.6 is 27.3 Å². The van der Waals surface area contributed by atoms with E-state index in [-0.39, 0.29) is 20.1 Å². The second kappa shape index (κ2) is 6.04. The summed E-state index contributed by atoms with van der Waals surface area (Å²) in [6.45, 7) is 0.147. The normalized spacial score (nSPS) is 11.4. The van der Waals surface area contributed by atoms with Gasteiger partial charge in [-0.2, -0.15) is 0 Å². The molecule has 0 atom stereocenters. The van der Waals surface area contributed by atoms with Gasteiger partial charge in [-0.15, -0.1) is 11.3 Å². The van der Waals surface area contributed by atoms with Crippen LogP contribution in [0.4, 0.5) is 0 Å². The second-order valence-corrected chi connectivity index (χ2v) is 7.97. The number of carbonyl (C=O) groups is 1. The molecule has 1 aromatic heterocycles. The maximum atomic E-state index is 12.1. The van der Waals surface area contributed by atoms with Crippen LogP contribution in [0, 0.1) is 0 Å². The summed E-state index contributed by atoms with van der Waals surface area (Å²) >= 11 is 3.95. The Kier molecular flexibility index (Phi) is 4.59. The second-order valence-electron chi connectivity index (χ2n) is 3.86. The van der Waals surface area contributed by atoms with E-state index in [1.807, 2.05) is 18.2 Å². The molecule has 0 unspecified atom stereocenters. The number of hydrogen-bond acceptors (Lipinski definition) is 4. The minimum Gasteiger partial charge on any atom is -0.477 e. The number of aromatic carboxylic acids is 1. The number of thiophene rings is 1. The molecule has 0 saturated heterocycles. The van der Waals surface area contributed by atoms with Gasteiger partial charge in [0.1, 0.15) is 9.77 Å². The number of carboxylic acid groups (broad SMARTS) is 1. The summed E-state index contributed by atoms with van der Waals surface area (Å²) in [5.41, 5.74) is 0.820. The maximum absolute atomic E-state index is 12.1. The van der Waals surface area contributed by atoms with E-state index in [9.17, 15) is 13.2 Å². The lowest BCUT2D eigenvalue weighted by Crippen LogP contribution is -2.23. The van der Waals surface area contributed by atoms with Crippen LogP contribution in [-0.2, 0) is 16.6 Å². The van der Waals surface area contributed by atoms with Crippen molar-refractivity contribution in [2.75, 3.05) is 0 Å². The Balaban J connectivity index is 2.20. The highest BCUT2D eigenvalue weighted by atomic mass is 79.9. The summed E-state index contributed by atoms with van der Waals surface area (Å²) in [7, 11) is -3.75. The van der Waals surface area contributed by atoms with Gasteiger partial charge in [0.25, 0.3) is 0 Å². The fraction of sp³-hybridized carbons (Fsp3) is 0.0833. The van der Waals surface area contributed by atoms with Crippen molar-refractivity contribution < 1.29 is 18.3 Å².